The van der Waals surface area contributed by atoms with E-state index < -0.39 is 0 Å². The van der Waals surface area contributed by atoms with Crippen molar-refractivity contribution in [3.63, 3.8) is 0 Å². The standard InChI is InChI=1S/C8H9NSe/c1-3-7(9-5-1)8-4-2-6-10-8/h1-3,5-6,8-9H,4H2. The third-order valence-electron chi connectivity index (χ3n) is 1.66. The van der Waals surface area contributed by atoms with E-state index in [1.165, 1.54) is 12.1 Å². The van der Waals surface area contributed by atoms with E-state index in [1.807, 2.05) is 6.20 Å². The van der Waals surface area contributed by atoms with Crippen molar-refractivity contribution >= 4 is 15.0 Å². The topological polar surface area (TPSA) is 15.8 Å². The summed E-state index contributed by atoms with van der Waals surface area (Å²) in [6, 6.07) is 4.25. The molecule has 1 N–H and O–H groups in total. The first-order valence-corrected chi connectivity index (χ1v) is 5.38. The Balaban J connectivity index is 2.14. The number of hydrogen-bond acceptors (Lipinski definition) is 0. The molecule has 1 nitrogen and oxygen atoms in total. The normalized spacial score (nSPS) is 23.8. The van der Waals surface area contributed by atoms with Crippen LogP contribution in [-0.2, 0) is 0 Å². The molecule has 0 aliphatic carbocycles. The van der Waals surface area contributed by atoms with Gasteiger partial charge in [-0.25, -0.2) is 0 Å². The van der Waals surface area contributed by atoms with E-state index in [0.717, 1.165) is 4.82 Å². The van der Waals surface area contributed by atoms with Gasteiger partial charge in [-0.2, -0.15) is 0 Å². The van der Waals surface area contributed by atoms with Crippen LogP contribution in [0.3, 0.4) is 0 Å². The molecule has 2 heteroatoms. The first-order valence-electron chi connectivity index (χ1n) is 3.40. The number of hydrogen-bond donors (Lipinski definition) is 1. The molecule has 2 rings (SSSR count). The minimum atomic E-state index is 0.699. The van der Waals surface area contributed by atoms with Gasteiger partial charge in [-0.15, -0.1) is 0 Å². The summed E-state index contributed by atoms with van der Waals surface area (Å²) in [5, 5.41) is 0. The molecule has 10 heavy (non-hydrogen) atoms. The van der Waals surface area contributed by atoms with Crippen molar-refractivity contribution < 1.29 is 0 Å². The molecular formula is C8H9NSe. The van der Waals surface area contributed by atoms with Crippen LogP contribution in [0.25, 0.3) is 0 Å². The Bertz CT molecular complexity index is 217. The van der Waals surface area contributed by atoms with Gasteiger partial charge in [0.1, 0.15) is 0 Å². The maximum absolute atomic E-state index is 3.25. The summed E-state index contributed by atoms with van der Waals surface area (Å²) in [6.07, 6.45) is 5.52. The zero-order valence-corrected chi connectivity index (χ0v) is 7.29. The first kappa shape index (κ1) is 6.26. The zero-order chi connectivity index (χ0) is 6.81. The van der Waals surface area contributed by atoms with E-state index >= 15 is 0 Å². The summed E-state index contributed by atoms with van der Waals surface area (Å²) in [5.74, 6) is 0. The number of allylic oxidation sites excluding steroid dienone is 1. The predicted molar refractivity (Wildman–Crippen MR) is 43.0 cm³/mol. The Labute approximate surface area is 66.7 Å². The Morgan fingerprint density at radius 3 is 3.20 bits per heavy atom. The molecular weight excluding hydrogens is 189 g/mol. The Morgan fingerprint density at radius 1 is 1.60 bits per heavy atom. The summed E-state index contributed by atoms with van der Waals surface area (Å²) in [6.45, 7) is 0. The van der Waals surface area contributed by atoms with Gasteiger partial charge in [0.2, 0.25) is 0 Å². The Kier molecular flexibility index (Phi) is 1.66. The van der Waals surface area contributed by atoms with E-state index in [2.05, 4.69) is 28.2 Å². The molecule has 0 bridgehead atoms. The van der Waals surface area contributed by atoms with Crippen LogP contribution in [0.15, 0.2) is 29.4 Å². The van der Waals surface area contributed by atoms with Crippen LogP contribution in [0.4, 0.5) is 0 Å². The Hall–Kier alpha value is -0.461. The van der Waals surface area contributed by atoms with E-state index in [4.69, 9.17) is 0 Å². The SMILES string of the molecule is C1=C[Se]C(c2ccc[nH]2)C1. The van der Waals surface area contributed by atoms with Gasteiger partial charge in [-0.05, 0) is 0 Å². The molecule has 2 heterocycles. The molecule has 0 spiro atoms. The molecule has 0 radical (unpaired) electrons. The van der Waals surface area contributed by atoms with Gasteiger partial charge in [0.15, 0.2) is 0 Å². The van der Waals surface area contributed by atoms with Gasteiger partial charge >= 0.3 is 66.3 Å². The maximum atomic E-state index is 3.25. The fourth-order valence-corrected chi connectivity index (χ4v) is 3.08. The van der Waals surface area contributed by atoms with Crippen molar-refractivity contribution in [3.8, 4) is 0 Å². The number of aromatic nitrogens is 1. The Morgan fingerprint density at radius 2 is 2.60 bits per heavy atom. The van der Waals surface area contributed by atoms with E-state index in [0.29, 0.717) is 15.0 Å². The summed E-state index contributed by atoms with van der Waals surface area (Å²) in [5.41, 5.74) is 1.41. The van der Waals surface area contributed by atoms with Gasteiger partial charge in [0.05, 0.1) is 0 Å². The molecule has 1 aliphatic rings. The van der Waals surface area contributed by atoms with Crippen LogP contribution < -0.4 is 0 Å². The monoisotopic (exact) mass is 199 g/mol. The van der Waals surface area contributed by atoms with E-state index in [1.54, 1.807) is 0 Å². The molecule has 1 aliphatic heterocycles. The first-order chi connectivity index (χ1) is 4.97. The zero-order valence-electron chi connectivity index (χ0n) is 5.58. The average molecular weight is 198 g/mol. The van der Waals surface area contributed by atoms with Gasteiger partial charge in [-0.3, -0.25) is 0 Å². The molecule has 1 atom stereocenters. The fourth-order valence-electron chi connectivity index (χ4n) is 1.13. The molecule has 0 aromatic carbocycles. The van der Waals surface area contributed by atoms with Gasteiger partial charge in [-0.1, -0.05) is 0 Å². The van der Waals surface area contributed by atoms with Crippen LogP contribution in [0.1, 0.15) is 16.9 Å². The molecule has 1 aromatic heterocycles. The number of rotatable bonds is 1. The van der Waals surface area contributed by atoms with Crippen molar-refractivity contribution in [1.29, 1.82) is 0 Å². The molecule has 0 saturated heterocycles. The molecule has 52 valence electrons. The summed E-state index contributed by atoms with van der Waals surface area (Å²) < 4.78 is 0. The number of H-pyrrole nitrogens is 1. The molecule has 0 saturated carbocycles. The summed E-state index contributed by atoms with van der Waals surface area (Å²) in [4.78, 5) is 6.37. The third-order valence-corrected chi connectivity index (χ3v) is 4.02. The predicted octanol–water partition coefficient (Wildman–Crippen LogP) is 1.68. The second-order valence-corrected chi connectivity index (χ2v) is 4.69. The fraction of sp³-hybridized carbons (Fsp3) is 0.250. The van der Waals surface area contributed by atoms with Gasteiger partial charge in [0.25, 0.3) is 0 Å². The minimum absolute atomic E-state index is 0.699. The number of aromatic amines is 1. The molecule has 0 fully saturated rings. The van der Waals surface area contributed by atoms with E-state index in [-0.39, 0.29) is 0 Å². The quantitative estimate of drug-likeness (QED) is 0.661. The van der Waals surface area contributed by atoms with Crippen LogP contribution in [0.5, 0.6) is 0 Å². The van der Waals surface area contributed by atoms with Crippen molar-refractivity contribution in [2.45, 2.75) is 11.2 Å². The van der Waals surface area contributed by atoms with Gasteiger partial charge < -0.3 is 0 Å². The van der Waals surface area contributed by atoms with Crippen LogP contribution in [0, 0.1) is 0 Å². The second kappa shape index (κ2) is 2.65. The molecule has 1 aromatic rings. The third kappa shape index (κ3) is 1.05. The van der Waals surface area contributed by atoms with Crippen LogP contribution >= 0.6 is 0 Å². The van der Waals surface area contributed by atoms with Gasteiger partial charge in [0, 0.05) is 0 Å². The van der Waals surface area contributed by atoms with Crippen molar-refractivity contribution in [1.82, 2.24) is 4.98 Å². The summed E-state index contributed by atoms with van der Waals surface area (Å²) in [7, 11) is 0. The summed E-state index contributed by atoms with van der Waals surface area (Å²) >= 11 is 0.699. The van der Waals surface area contributed by atoms with Crippen LogP contribution in [-0.4, -0.2) is 19.9 Å². The van der Waals surface area contributed by atoms with Crippen molar-refractivity contribution in [3.05, 3.63) is 35.1 Å². The second-order valence-electron chi connectivity index (χ2n) is 2.36. The van der Waals surface area contributed by atoms with Crippen LogP contribution in [0.2, 0.25) is 0 Å². The van der Waals surface area contributed by atoms with Crippen molar-refractivity contribution in [2.24, 2.45) is 0 Å². The van der Waals surface area contributed by atoms with E-state index in [9.17, 15) is 0 Å². The average Bonchev–Trinajstić information content (AvgIpc) is 2.59. The number of nitrogens with one attached hydrogen (secondary N) is 1. The molecule has 0 amide bonds. The van der Waals surface area contributed by atoms with Crippen molar-refractivity contribution in [2.75, 3.05) is 0 Å². The molecule has 1 unspecified atom stereocenters.